The second kappa shape index (κ2) is 4.80. The molecular weight excluding hydrogens is 230 g/mol. The Morgan fingerprint density at radius 1 is 1.11 bits per heavy atom. The Morgan fingerprint density at radius 2 is 1.84 bits per heavy atom. The molecule has 0 unspecified atom stereocenters. The van der Waals surface area contributed by atoms with Gasteiger partial charge in [-0.2, -0.15) is 0 Å². The van der Waals surface area contributed by atoms with E-state index in [-0.39, 0.29) is 5.41 Å². The average Bonchev–Trinajstić information content (AvgIpc) is 2.37. The van der Waals surface area contributed by atoms with Gasteiger partial charge in [-0.3, -0.25) is 0 Å². The van der Waals surface area contributed by atoms with Gasteiger partial charge in [0, 0.05) is 21.3 Å². The predicted molar refractivity (Wildman–Crippen MR) is 81.2 cm³/mol. The first kappa shape index (κ1) is 10.2. The third-order valence-electron chi connectivity index (χ3n) is 3.50. The van der Waals surface area contributed by atoms with Crippen molar-refractivity contribution < 1.29 is 8.68 Å². The van der Waals surface area contributed by atoms with Gasteiger partial charge in [0.2, 0.25) is 5.69 Å². The van der Waals surface area contributed by atoms with Crippen LogP contribution in [0.2, 0.25) is 0 Å². The minimum Gasteiger partial charge on any atom is -0.201 e. The zero-order valence-corrected chi connectivity index (χ0v) is 12.4. The number of aryl methyl sites for hydroxylation is 3. The zero-order valence-electron chi connectivity index (χ0n) is 15.4. The van der Waals surface area contributed by atoms with Crippen LogP contribution in [0.25, 0.3) is 11.3 Å². The Bertz CT molecular complexity index is 633. The second-order valence-electron chi connectivity index (χ2n) is 6.19. The van der Waals surface area contributed by atoms with E-state index >= 15 is 0 Å². The van der Waals surface area contributed by atoms with Crippen LogP contribution in [0, 0.1) is 13.8 Å². The molecule has 1 heterocycles. The molecule has 0 saturated carbocycles. The quantitative estimate of drug-likeness (QED) is 0.677. The maximum absolute atomic E-state index is 7.51. The van der Waals surface area contributed by atoms with Crippen molar-refractivity contribution in [2.45, 2.75) is 40.0 Å². The van der Waals surface area contributed by atoms with Crippen molar-refractivity contribution in [2.24, 2.45) is 7.05 Å². The molecule has 0 radical (unpaired) electrons. The molecule has 0 aliphatic heterocycles. The lowest BCUT2D eigenvalue weighted by molar-refractivity contribution is -0.661. The van der Waals surface area contributed by atoms with E-state index in [0.29, 0.717) is 5.56 Å². The minimum absolute atomic E-state index is 0.108. The summed E-state index contributed by atoms with van der Waals surface area (Å²) in [6.07, 6.45) is 2.15. The van der Waals surface area contributed by atoms with E-state index in [1.54, 1.807) is 12.1 Å². The molecule has 1 aromatic carbocycles. The normalized spacial score (nSPS) is 14.7. The third-order valence-corrected chi connectivity index (χ3v) is 3.50. The van der Waals surface area contributed by atoms with Crippen LogP contribution in [-0.4, -0.2) is 0 Å². The Labute approximate surface area is 121 Å². The summed E-state index contributed by atoms with van der Waals surface area (Å²) in [4.78, 5) is 0. The van der Waals surface area contributed by atoms with E-state index in [1.165, 1.54) is 5.56 Å². The standard InChI is InChI=1S/C18H24N/c1-13-7-9-16(14(2)11-13)17-10-8-15(12-19(17)6)18(3,4)5/h7-12H,1-6H3/q+1/i1D3. The summed E-state index contributed by atoms with van der Waals surface area (Å²) in [5, 5.41) is 0. The van der Waals surface area contributed by atoms with E-state index < -0.39 is 6.85 Å². The SMILES string of the molecule is [2H]C([2H])([2H])c1ccc(-c2ccc(C(C)(C)C)c[n+]2C)c(C)c1. The molecule has 1 nitrogen and oxygen atoms in total. The minimum atomic E-state index is -2.05. The maximum atomic E-state index is 7.51. The first-order chi connectivity index (χ1) is 10.00. The summed E-state index contributed by atoms with van der Waals surface area (Å²) in [5.74, 6) is 0. The molecule has 0 saturated heterocycles. The number of hydrogen-bond acceptors (Lipinski definition) is 0. The molecule has 2 rings (SSSR count). The van der Waals surface area contributed by atoms with Gasteiger partial charge in [0.05, 0.1) is 0 Å². The summed E-state index contributed by atoms with van der Waals surface area (Å²) in [6.45, 7) is 6.49. The molecule has 0 N–H and O–H groups in total. The van der Waals surface area contributed by atoms with Gasteiger partial charge in [0.15, 0.2) is 6.20 Å². The van der Waals surface area contributed by atoms with Gasteiger partial charge >= 0.3 is 0 Å². The summed E-state index contributed by atoms with van der Waals surface area (Å²) < 4.78 is 24.6. The van der Waals surface area contributed by atoms with Crippen LogP contribution < -0.4 is 4.57 Å². The number of rotatable bonds is 1. The summed E-state index contributed by atoms with van der Waals surface area (Å²) in [7, 11) is 2.03. The fourth-order valence-corrected chi connectivity index (χ4v) is 2.28. The largest absolute Gasteiger partial charge is 0.212 e. The molecule has 0 bridgehead atoms. The first-order valence-corrected chi connectivity index (χ1v) is 6.62. The summed E-state index contributed by atoms with van der Waals surface area (Å²) in [5.41, 5.74) is 4.90. The molecular formula is C18H24N+. The van der Waals surface area contributed by atoms with E-state index in [0.717, 1.165) is 16.8 Å². The number of hydrogen-bond donors (Lipinski definition) is 0. The van der Waals surface area contributed by atoms with Gasteiger partial charge < -0.3 is 0 Å². The topological polar surface area (TPSA) is 3.88 Å². The van der Waals surface area contributed by atoms with Gasteiger partial charge in [0.25, 0.3) is 0 Å². The van der Waals surface area contributed by atoms with Crippen LogP contribution in [0.3, 0.4) is 0 Å². The highest BCUT2D eigenvalue weighted by atomic mass is 14.9. The van der Waals surface area contributed by atoms with E-state index in [9.17, 15) is 0 Å². The molecule has 0 amide bonds. The third kappa shape index (κ3) is 2.86. The van der Waals surface area contributed by atoms with Crippen LogP contribution in [0.5, 0.6) is 0 Å². The Hall–Kier alpha value is -1.63. The Morgan fingerprint density at radius 3 is 2.37 bits per heavy atom. The molecule has 1 heteroatoms. The van der Waals surface area contributed by atoms with E-state index in [2.05, 4.69) is 43.7 Å². The average molecular weight is 257 g/mol. The molecule has 0 fully saturated rings. The van der Waals surface area contributed by atoms with Crippen molar-refractivity contribution in [1.82, 2.24) is 0 Å². The number of nitrogens with zero attached hydrogens (tertiary/aromatic N) is 1. The van der Waals surface area contributed by atoms with Crippen molar-refractivity contribution >= 4 is 0 Å². The molecule has 0 atom stereocenters. The highest BCUT2D eigenvalue weighted by Gasteiger charge is 2.19. The molecule has 100 valence electrons. The monoisotopic (exact) mass is 257 g/mol. The van der Waals surface area contributed by atoms with E-state index in [4.69, 9.17) is 4.11 Å². The second-order valence-corrected chi connectivity index (χ2v) is 6.19. The lowest BCUT2D eigenvalue weighted by Gasteiger charge is -2.17. The van der Waals surface area contributed by atoms with Gasteiger partial charge in [0.1, 0.15) is 7.05 Å². The zero-order chi connectivity index (χ0) is 16.7. The van der Waals surface area contributed by atoms with Crippen molar-refractivity contribution in [2.75, 3.05) is 0 Å². The van der Waals surface area contributed by atoms with Gasteiger partial charge in [-0.15, -0.1) is 0 Å². The predicted octanol–water partition coefficient (Wildman–Crippen LogP) is 4.09. The van der Waals surface area contributed by atoms with E-state index in [1.807, 2.05) is 20.0 Å². The molecule has 1 aromatic heterocycles. The van der Waals surface area contributed by atoms with Crippen molar-refractivity contribution in [1.29, 1.82) is 0 Å². The fraction of sp³-hybridized carbons (Fsp3) is 0.389. The van der Waals surface area contributed by atoms with Crippen LogP contribution in [-0.2, 0) is 12.5 Å². The lowest BCUT2D eigenvalue weighted by Crippen LogP contribution is -2.33. The fourth-order valence-electron chi connectivity index (χ4n) is 2.28. The van der Waals surface area contributed by atoms with Crippen molar-refractivity contribution in [3.05, 3.63) is 53.2 Å². The van der Waals surface area contributed by atoms with Gasteiger partial charge in [-0.1, -0.05) is 38.5 Å². The highest BCUT2D eigenvalue weighted by molar-refractivity contribution is 5.61. The lowest BCUT2D eigenvalue weighted by atomic mass is 9.88. The Balaban J connectivity index is 2.49. The van der Waals surface area contributed by atoms with Gasteiger partial charge in [-0.05, 0) is 36.9 Å². The maximum Gasteiger partial charge on any atom is 0.212 e. The molecule has 0 spiro atoms. The van der Waals surface area contributed by atoms with Crippen LogP contribution in [0.4, 0.5) is 0 Å². The molecule has 19 heavy (non-hydrogen) atoms. The summed E-state index contributed by atoms with van der Waals surface area (Å²) in [6, 6.07) is 9.63. The number of pyridine rings is 1. The number of benzene rings is 1. The smallest absolute Gasteiger partial charge is 0.201 e. The van der Waals surface area contributed by atoms with Crippen molar-refractivity contribution in [3.8, 4) is 11.3 Å². The van der Waals surface area contributed by atoms with Crippen LogP contribution in [0.15, 0.2) is 36.5 Å². The molecule has 2 aromatic rings. The van der Waals surface area contributed by atoms with Crippen LogP contribution >= 0.6 is 0 Å². The summed E-state index contributed by atoms with van der Waals surface area (Å²) >= 11 is 0. The van der Waals surface area contributed by atoms with Gasteiger partial charge in [-0.25, -0.2) is 4.57 Å². The number of aromatic nitrogens is 1. The first-order valence-electron chi connectivity index (χ1n) is 8.12. The molecule has 0 aliphatic rings. The van der Waals surface area contributed by atoms with Crippen LogP contribution in [0.1, 0.15) is 41.6 Å². The Kier molecular flexibility index (Phi) is 2.58. The van der Waals surface area contributed by atoms with Crippen molar-refractivity contribution in [3.63, 3.8) is 0 Å². The molecule has 0 aliphatic carbocycles. The highest BCUT2D eigenvalue weighted by Crippen LogP contribution is 2.25.